The van der Waals surface area contributed by atoms with Gasteiger partial charge in [-0.05, 0) is 6.07 Å². The van der Waals surface area contributed by atoms with E-state index in [1.54, 1.807) is 12.4 Å². The Bertz CT molecular complexity index is 596. The number of likely N-dealkylation sites (tertiary alicyclic amines) is 1. The van der Waals surface area contributed by atoms with E-state index in [-0.39, 0.29) is 5.91 Å². The van der Waals surface area contributed by atoms with Gasteiger partial charge in [-0.2, -0.15) is 0 Å². The fourth-order valence-corrected chi connectivity index (χ4v) is 2.67. The molecule has 0 aliphatic carbocycles. The van der Waals surface area contributed by atoms with Crippen LogP contribution < -0.4 is 11.1 Å². The highest BCUT2D eigenvalue weighted by Crippen LogP contribution is 2.26. The number of amides is 1. The van der Waals surface area contributed by atoms with Gasteiger partial charge in [-0.25, -0.2) is 15.0 Å². The van der Waals surface area contributed by atoms with Crippen LogP contribution in [0.2, 0.25) is 0 Å². The number of nitrogens with one attached hydrogen (secondary N) is 1. The maximum atomic E-state index is 10.8. The average Bonchev–Trinajstić information content (AvgIpc) is 2.86. The molecule has 2 aromatic rings. The fraction of sp³-hybridized carbons (Fsp3) is 0.333. The van der Waals surface area contributed by atoms with E-state index in [1.165, 1.54) is 11.3 Å². The van der Waals surface area contributed by atoms with Crippen molar-refractivity contribution in [3.8, 4) is 0 Å². The van der Waals surface area contributed by atoms with Gasteiger partial charge >= 0.3 is 0 Å². The largest absolute Gasteiger partial charge is 0.369 e. The molecule has 20 heavy (non-hydrogen) atoms. The number of nitrogens with two attached hydrogens (primary N) is 1. The molecule has 0 unspecified atom stereocenters. The molecule has 0 saturated carbocycles. The minimum Gasteiger partial charge on any atom is -0.369 e. The maximum Gasteiger partial charge on any atom is 0.231 e. The van der Waals surface area contributed by atoms with Gasteiger partial charge in [0.25, 0.3) is 0 Å². The molecule has 7 nitrogen and oxygen atoms in total. The molecule has 1 saturated heterocycles. The molecule has 2 aromatic heterocycles. The molecule has 1 aliphatic heterocycles. The highest BCUT2D eigenvalue weighted by Gasteiger charge is 2.30. The second kappa shape index (κ2) is 5.51. The number of primary amides is 1. The summed E-state index contributed by atoms with van der Waals surface area (Å²) >= 11 is 1.50. The third-order valence-corrected chi connectivity index (χ3v) is 3.77. The van der Waals surface area contributed by atoms with E-state index < -0.39 is 0 Å². The molecular formula is C12H14N6OS. The number of aromatic nitrogens is 3. The minimum absolute atomic E-state index is 0.294. The van der Waals surface area contributed by atoms with Gasteiger partial charge in [-0.15, -0.1) is 11.3 Å². The lowest BCUT2D eigenvalue weighted by Gasteiger charge is -2.37. The van der Waals surface area contributed by atoms with Gasteiger partial charge in [0.1, 0.15) is 0 Å². The number of thiazole rings is 1. The predicted octanol–water partition coefficient (Wildman–Crippen LogP) is 0.561. The average molecular weight is 290 g/mol. The van der Waals surface area contributed by atoms with Gasteiger partial charge < -0.3 is 11.1 Å². The Morgan fingerprint density at radius 1 is 1.45 bits per heavy atom. The molecule has 3 heterocycles. The van der Waals surface area contributed by atoms with Gasteiger partial charge in [-0.3, -0.25) is 9.69 Å². The van der Waals surface area contributed by atoms with Crippen molar-refractivity contribution < 1.29 is 4.79 Å². The summed E-state index contributed by atoms with van der Waals surface area (Å²) in [6.45, 7) is 1.92. The summed E-state index contributed by atoms with van der Waals surface area (Å²) in [6, 6.07) is 1.90. The van der Waals surface area contributed by atoms with Crippen molar-refractivity contribution in [1.29, 1.82) is 0 Å². The van der Waals surface area contributed by atoms with E-state index in [4.69, 9.17) is 5.73 Å². The van der Waals surface area contributed by atoms with Crippen molar-refractivity contribution in [2.45, 2.75) is 5.92 Å². The second-order valence-electron chi connectivity index (χ2n) is 4.62. The quantitative estimate of drug-likeness (QED) is 0.835. The van der Waals surface area contributed by atoms with Gasteiger partial charge in [0, 0.05) is 36.8 Å². The Balaban J connectivity index is 1.62. The van der Waals surface area contributed by atoms with Crippen molar-refractivity contribution in [3.63, 3.8) is 0 Å². The monoisotopic (exact) mass is 290 g/mol. The SMILES string of the molecule is NC(=O)CN1CC(c2ccnc(Nc3nccs3)n2)C1. The van der Waals surface area contributed by atoms with Crippen LogP contribution in [0.25, 0.3) is 0 Å². The summed E-state index contributed by atoms with van der Waals surface area (Å²) in [5, 5.41) is 5.73. The van der Waals surface area contributed by atoms with Gasteiger partial charge in [0.05, 0.1) is 12.2 Å². The Morgan fingerprint density at radius 3 is 3.00 bits per heavy atom. The lowest BCUT2D eigenvalue weighted by atomic mass is 9.96. The molecule has 0 bridgehead atoms. The third-order valence-electron chi connectivity index (χ3n) is 3.08. The zero-order valence-corrected chi connectivity index (χ0v) is 11.5. The minimum atomic E-state index is -0.294. The molecule has 0 aromatic carbocycles. The van der Waals surface area contributed by atoms with Crippen molar-refractivity contribution in [2.24, 2.45) is 5.73 Å². The molecule has 0 radical (unpaired) electrons. The number of nitrogens with zero attached hydrogens (tertiary/aromatic N) is 4. The smallest absolute Gasteiger partial charge is 0.231 e. The van der Waals surface area contributed by atoms with Crippen molar-refractivity contribution in [3.05, 3.63) is 29.5 Å². The standard InChI is InChI=1S/C12H14N6OS/c13-10(19)7-18-5-8(6-18)9-1-2-14-11(16-9)17-12-15-3-4-20-12/h1-4,8H,5-7H2,(H2,13,19)(H,14,15,16,17). The topological polar surface area (TPSA) is 97.0 Å². The summed E-state index contributed by atoms with van der Waals surface area (Å²) in [5.74, 6) is 0.581. The van der Waals surface area contributed by atoms with E-state index in [2.05, 4.69) is 20.3 Å². The zero-order valence-electron chi connectivity index (χ0n) is 10.7. The van der Waals surface area contributed by atoms with Gasteiger partial charge in [0.2, 0.25) is 11.9 Å². The van der Waals surface area contributed by atoms with E-state index in [0.717, 1.165) is 23.9 Å². The molecule has 1 aliphatic rings. The van der Waals surface area contributed by atoms with Crippen LogP contribution in [-0.2, 0) is 4.79 Å². The Morgan fingerprint density at radius 2 is 2.30 bits per heavy atom. The second-order valence-corrected chi connectivity index (χ2v) is 5.52. The maximum absolute atomic E-state index is 10.8. The van der Waals surface area contributed by atoms with E-state index >= 15 is 0 Å². The molecular weight excluding hydrogens is 276 g/mol. The van der Waals surface area contributed by atoms with E-state index in [0.29, 0.717) is 18.4 Å². The number of carbonyl (C=O) groups is 1. The first kappa shape index (κ1) is 12.9. The Hall–Kier alpha value is -2.06. The first-order chi connectivity index (χ1) is 9.70. The first-order valence-electron chi connectivity index (χ1n) is 6.21. The number of hydrogen-bond donors (Lipinski definition) is 2. The zero-order chi connectivity index (χ0) is 13.9. The van der Waals surface area contributed by atoms with E-state index in [9.17, 15) is 4.79 Å². The molecule has 1 fully saturated rings. The van der Waals surface area contributed by atoms with Crippen LogP contribution in [0.1, 0.15) is 11.6 Å². The van der Waals surface area contributed by atoms with Crippen LogP contribution in [0.4, 0.5) is 11.1 Å². The molecule has 0 spiro atoms. The van der Waals surface area contributed by atoms with Gasteiger partial charge in [-0.1, -0.05) is 0 Å². The lowest BCUT2D eigenvalue weighted by molar-refractivity contribution is -0.120. The van der Waals surface area contributed by atoms with E-state index in [1.807, 2.05) is 16.3 Å². The number of rotatable bonds is 5. The van der Waals surface area contributed by atoms with Crippen LogP contribution in [-0.4, -0.2) is 45.4 Å². The summed E-state index contributed by atoms with van der Waals surface area (Å²) in [5.41, 5.74) is 6.14. The number of anilines is 2. The van der Waals surface area contributed by atoms with Crippen LogP contribution >= 0.6 is 11.3 Å². The molecule has 1 amide bonds. The molecule has 8 heteroatoms. The summed E-state index contributed by atoms with van der Waals surface area (Å²) in [6.07, 6.45) is 3.46. The molecule has 3 rings (SSSR count). The number of hydrogen-bond acceptors (Lipinski definition) is 7. The van der Waals surface area contributed by atoms with Crippen LogP contribution in [0.15, 0.2) is 23.8 Å². The van der Waals surface area contributed by atoms with Crippen LogP contribution in [0.5, 0.6) is 0 Å². The predicted molar refractivity (Wildman–Crippen MR) is 75.8 cm³/mol. The fourth-order valence-electron chi connectivity index (χ4n) is 2.15. The summed E-state index contributed by atoms with van der Waals surface area (Å²) < 4.78 is 0. The van der Waals surface area contributed by atoms with Crippen LogP contribution in [0, 0.1) is 0 Å². The third kappa shape index (κ3) is 2.91. The molecule has 3 N–H and O–H groups in total. The van der Waals surface area contributed by atoms with Gasteiger partial charge in [0.15, 0.2) is 5.13 Å². The first-order valence-corrected chi connectivity index (χ1v) is 7.09. The normalized spacial score (nSPS) is 15.8. The van der Waals surface area contributed by atoms with Crippen molar-refractivity contribution in [1.82, 2.24) is 19.9 Å². The highest BCUT2D eigenvalue weighted by molar-refractivity contribution is 7.13. The highest BCUT2D eigenvalue weighted by atomic mass is 32.1. The van der Waals surface area contributed by atoms with Crippen molar-refractivity contribution in [2.75, 3.05) is 25.0 Å². The number of carbonyl (C=O) groups excluding carboxylic acids is 1. The molecule has 0 atom stereocenters. The Labute approximate surface area is 119 Å². The summed E-state index contributed by atoms with van der Waals surface area (Å²) in [7, 11) is 0. The van der Waals surface area contributed by atoms with Crippen LogP contribution in [0.3, 0.4) is 0 Å². The molecule has 104 valence electrons. The summed E-state index contributed by atoms with van der Waals surface area (Å²) in [4.78, 5) is 25.6. The Kier molecular flexibility index (Phi) is 3.57. The lowest BCUT2D eigenvalue weighted by Crippen LogP contribution is -2.48. The van der Waals surface area contributed by atoms with Crippen molar-refractivity contribution >= 4 is 28.3 Å².